The van der Waals surface area contributed by atoms with Gasteiger partial charge in [0.1, 0.15) is 0 Å². The average Bonchev–Trinajstić information content (AvgIpc) is 2.54. The first-order valence-corrected chi connectivity index (χ1v) is 7.89. The van der Waals surface area contributed by atoms with E-state index in [1.807, 2.05) is 0 Å². The molecule has 128 valence electrons. The number of ether oxygens (including phenoxy) is 1. The number of urea groups is 1. The number of methoxy groups -OCH3 is 1. The van der Waals surface area contributed by atoms with Crippen LogP contribution in [0.2, 0.25) is 0 Å². The molecular formula is C16H27N5O2. The number of pyridine rings is 1. The first-order chi connectivity index (χ1) is 10.9. The molecule has 1 aliphatic rings. The molecule has 23 heavy (non-hydrogen) atoms. The summed E-state index contributed by atoms with van der Waals surface area (Å²) in [7, 11) is 3.70. The quantitative estimate of drug-likeness (QED) is 0.854. The molecular weight excluding hydrogens is 294 g/mol. The molecule has 0 saturated carbocycles. The van der Waals surface area contributed by atoms with E-state index < -0.39 is 0 Å². The van der Waals surface area contributed by atoms with Crippen molar-refractivity contribution in [3.05, 3.63) is 18.3 Å². The molecule has 0 atom stereocenters. The minimum Gasteiger partial charge on any atom is -0.481 e. The first-order valence-electron chi connectivity index (χ1n) is 7.89. The summed E-state index contributed by atoms with van der Waals surface area (Å²) in [6, 6.07) is 3.25. The highest BCUT2D eigenvalue weighted by Gasteiger charge is 2.29. The first kappa shape index (κ1) is 17.5. The number of piperazine rings is 1. The second-order valence-corrected chi connectivity index (χ2v) is 6.50. The van der Waals surface area contributed by atoms with Gasteiger partial charge < -0.3 is 20.3 Å². The Hall–Kier alpha value is -1.86. The van der Waals surface area contributed by atoms with Gasteiger partial charge in [0.25, 0.3) is 0 Å². The number of carbonyl (C=O) groups is 1. The number of likely N-dealkylation sites (N-methyl/N-ethyl adjacent to an activating group) is 1. The Morgan fingerprint density at radius 1 is 1.30 bits per heavy atom. The molecule has 0 unspecified atom stereocenters. The number of rotatable bonds is 5. The van der Waals surface area contributed by atoms with Gasteiger partial charge in [0.15, 0.2) is 0 Å². The van der Waals surface area contributed by atoms with E-state index in [1.165, 1.54) is 0 Å². The van der Waals surface area contributed by atoms with E-state index in [0.29, 0.717) is 18.1 Å². The lowest BCUT2D eigenvalue weighted by Gasteiger charge is -2.43. The number of aromatic nitrogens is 1. The summed E-state index contributed by atoms with van der Waals surface area (Å²) < 4.78 is 4.99. The maximum atomic E-state index is 12.0. The molecule has 7 heteroatoms. The molecule has 7 nitrogen and oxygen atoms in total. The van der Waals surface area contributed by atoms with Crippen molar-refractivity contribution in [1.82, 2.24) is 20.1 Å². The summed E-state index contributed by atoms with van der Waals surface area (Å²) in [5.41, 5.74) is 0.567. The van der Waals surface area contributed by atoms with Gasteiger partial charge in [-0.1, -0.05) is 0 Å². The lowest BCUT2D eigenvalue weighted by molar-refractivity contribution is 0.0636. The standard InChI is InChI=1S/C16H27N5O2/c1-16(2,21-9-7-20(3)8-10-21)12-18-15(22)19-13-5-6-14(23-4)17-11-13/h5-6,11H,7-10,12H2,1-4H3,(H2,18,19,22). The fraction of sp³-hybridized carbons (Fsp3) is 0.625. The highest BCUT2D eigenvalue weighted by molar-refractivity contribution is 5.89. The molecule has 0 spiro atoms. The third-order valence-electron chi connectivity index (χ3n) is 4.24. The molecule has 1 aliphatic heterocycles. The summed E-state index contributed by atoms with van der Waals surface area (Å²) >= 11 is 0. The molecule has 2 rings (SSSR count). The number of carbonyl (C=O) groups excluding carboxylic acids is 1. The van der Waals surface area contributed by atoms with Crippen LogP contribution in [0.1, 0.15) is 13.8 Å². The van der Waals surface area contributed by atoms with Crippen molar-refractivity contribution >= 4 is 11.7 Å². The van der Waals surface area contributed by atoms with Crippen LogP contribution in [0.15, 0.2) is 18.3 Å². The van der Waals surface area contributed by atoms with Crippen LogP contribution in [0, 0.1) is 0 Å². The van der Waals surface area contributed by atoms with Gasteiger partial charge in [-0.05, 0) is 27.0 Å². The fourth-order valence-electron chi connectivity index (χ4n) is 2.57. The van der Waals surface area contributed by atoms with Gasteiger partial charge in [0, 0.05) is 44.3 Å². The second kappa shape index (κ2) is 7.61. The van der Waals surface area contributed by atoms with Crippen molar-refractivity contribution in [3.63, 3.8) is 0 Å². The SMILES string of the molecule is COc1ccc(NC(=O)NCC(C)(C)N2CCN(C)CC2)cn1. The summed E-state index contributed by atoms with van der Waals surface area (Å²) in [6.45, 7) is 9.08. The normalized spacial score (nSPS) is 16.9. The van der Waals surface area contributed by atoms with Gasteiger partial charge in [0.2, 0.25) is 5.88 Å². The Morgan fingerprint density at radius 3 is 2.57 bits per heavy atom. The van der Waals surface area contributed by atoms with Gasteiger partial charge in [-0.3, -0.25) is 4.90 Å². The van der Waals surface area contributed by atoms with Gasteiger partial charge in [-0.2, -0.15) is 0 Å². The third-order valence-corrected chi connectivity index (χ3v) is 4.24. The maximum Gasteiger partial charge on any atom is 0.319 e. The smallest absolute Gasteiger partial charge is 0.319 e. The Balaban J connectivity index is 1.80. The van der Waals surface area contributed by atoms with Crippen LogP contribution in [0.4, 0.5) is 10.5 Å². The van der Waals surface area contributed by atoms with Crippen LogP contribution in [0.5, 0.6) is 5.88 Å². The zero-order valence-corrected chi connectivity index (χ0v) is 14.4. The predicted octanol–water partition coefficient (Wildman–Crippen LogP) is 1.24. The zero-order valence-electron chi connectivity index (χ0n) is 14.4. The number of hydrogen-bond acceptors (Lipinski definition) is 5. The third kappa shape index (κ3) is 5.07. The van der Waals surface area contributed by atoms with E-state index >= 15 is 0 Å². The largest absolute Gasteiger partial charge is 0.481 e. The highest BCUT2D eigenvalue weighted by Crippen LogP contribution is 2.16. The molecule has 2 amide bonds. The number of hydrogen-bond donors (Lipinski definition) is 2. The zero-order chi connectivity index (χ0) is 16.9. The van der Waals surface area contributed by atoms with E-state index in [-0.39, 0.29) is 11.6 Å². The molecule has 1 fully saturated rings. The van der Waals surface area contributed by atoms with Crippen LogP contribution >= 0.6 is 0 Å². The number of nitrogens with one attached hydrogen (secondary N) is 2. The van der Waals surface area contributed by atoms with Crippen LogP contribution in [0.25, 0.3) is 0 Å². The van der Waals surface area contributed by atoms with E-state index in [2.05, 4.69) is 46.3 Å². The maximum absolute atomic E-state index is 12.0. The van der Waals surface area contributed by atoms with Crippen molar-refractivity contribution in [1.29, 1.82) is 0 Å². The molecule has 1 aromatic rings. The topological polar surface area (TPSA) is 69.7 Å². The van der Waals surface area contributed by atoms with Crippen LogP contribution in [0.3, 0.4) is 0 Å². The van der Waals surface area contributed by atoms with E-state index in [0.717, 1.165) is 26.2 Å². The number of anilines is 1. The van der Waals surface area contributed by atoms with Gasteiger partial charge >= 0.3 is 6.03 Å². The highest BCUT2D eigenvalue weighted by atomic mass is 16.5. The fourth-order valence-corrected chi connectivity index (χ4v) is 2.57. The molecule has 0 aromatic carbocycles. The molecule has 0 radical (unpaired) electrons. The lowest BCUT2D eigenvalue weighted by atomic mass is 10.0. The van der Waals surface area contributed by atoms with Crippen LogP contribution in [-0.4, -0.2) is 73.2 Å². The number of amides is 2. The Bertz CT molecular complexity index is 510. The summed E-state index contributed by atoms with van der Waals surface area (Å²) in [6.07, 6.45) is 1.57. The molecule has 1 aromatic heterocycles. The van der Waals surface area contributed by atoms with Gasteiger partial charge in [0.05, 0.1) is 19.0 Å². The van der Waals surface area contributed by atoms with Crippen LogP contribution in [-0.2, 0) is 0 Å². The van der Waals surface area contributed by atoms with Crippen molar-refractivity contribution in [2.24, 2.45) is 0 Å². The van der Waals surface area contributed by atoms with Crippen LogP contribution < -0.4 is 15.4 Å². The Labute approximate surface area is 138 Å². The van der Waals surface area contributed by atoms with Gasteiger partial charge in [-0.15, -0.1) is 0 Å². The Morgan fingerprint density at radius 2 is 2.00 bits per heavy atom. The number of nitrogens with zero attached hydrogens (tertiary/aromatic N) is 3. The van der Waals surface area contributed by atoms with Crippen molar-refractivity contribution in [2.45, 2.75) is 19.4 Å². The van der Waals surface area contributed by atoms with Crippen molar-refractivity contribution in [2.75, 3.05) is 52.2 Å². The van der Waals surface area contributed by atoms with E-state index in [1.54, 1.807) is 25.4 Å². The molecule has 0 aliphatic carbocycles. The second-order valence-electron chi connectivity index (χ2n) is 6.50. The van der Waals surface area contributed by atoms with Crippen molar-refractivity contribution in [3.8, 4) is 5.88 Å². The summed E-state index contributed by atoms with van der Waals surface area (Å²) in [5, 5.41) is 5.73. The lowest BCUT2D eigenvalue weighted by Crippen LogP contribution is -2.58. The minimum atomic E-state index is -0.223. The molecule has 0 bridgehead atoms. The van der Waals surface area contributed by atoms with E-state index in [4.69, 9.17) is 4.74 Å². The average molecular weight is 321 g/mol. The molecule has 2 heterocycles. The summed E-state index contributed by atoms with van der Waals surface area (Å²) in [4.78, 5) is 20.8. The van der Waals surface area contributed by atoms with E-state index in [9.17, 15) is 4.79 Å². The Kier molecular flexibility index (Phi) is 5.79. The van der Waals surface area contributed by atoms with Crippen molar-refractivity contribution < 1.29 is 9.53 Å². The summed E-state index contributed by atoms with van der Waals surface area (Å²) in [5.74, 6) is 0.521. The molecule has 1 saturated heterocycles. The monoisotopic (exact) mass is 321 g/mol. The van der Waals surface area contributed by atoms with Gasteiger partial charge in [-0.25, -0.2) is 9.78 Å². The minimum absolute atomic E-state index is 0.0727. The predicted molar refractivity (Wildman–Crippen MR) is 91.0 cm³/mol. The molecule has 2 N–H and O–H groups in total.